The molecule has 0 N–H and O–H groups in total. The maximum atomic E-state index is 11.8. The largest absolute Gasteiger partial charge is 0.456 e. The highest BCUT2D eigenvalue weighted by atomic mass is 16.6. The van der Waals surface area contributed by atoms with Gasteiger partial charge in [0.15, 0.2) is 0 Å². The SMILES string of the molecule is CC(C)(C)OC(=O)c1ccccc1C=C=O. The number of hydrogen-bond acceptors (Lipinski definition) is 3. The predicted molar refractivity (Wildman–Crippen MR) is 61.8 cm³/mol. The van der Waals surface area contributed by atoms with Gasteiger partial charge in [0.1, 0.15) is 11.5 Å². The molecular weight excluding hydrogens is 204 g/mol. The molecule has 0 saturated heterocycles. The molecule has 0 radical (unpaired) electrons. The summed E-state index contributed by atoms with van der Waals surface area (Å²) in [4.78, 5) is 22.1. The monoisotopic (exact) mass is 218 g/mol. The van der Waals surface area contributed by atoms with Gasteiger partial charge < -0.3 is 4.74 Å². The molecule has 1 rings (SSSR count). The highest BCUT2D eigenvalue weighted by Gasteiger charge is 2.19. The molecule has 1 aromatic rings. The normalized spacial score (nSPS) is 10.4. The van der Waals surface area contributed by atoms with Crippen LogP contribution < -0.4 is 0 Å². The minimum Gasteiger partial charge on any atom is -0.456 e. The number of hydrogen-bond donors (Lipinski definition) is 0. The first-order valence-corrected chi connectivity index (χ1v) is 4.97. The summed E-state index contributed by atoms with van der Waals surface area (Å²) in [5.41, 5.74) is 0.349. The fraction of sp³-hybridized carbons (Fsp3) is 0.308. The average molecular weight is 218 g/mol. The van der Waals surface area contributed by atoms with Crippen LogP contribution in [0.1, 0.15) is 36.7 Å². The number of rotatable bonds is 2. The second-order valence-electron chi connectivity index (χ2n) is 4.35. The van der Waals surface area contributed by atoms with Crippen molar-refractivity contribution in [2.75, 3.05) is 0 Å². The Kier molecular flexibility index (Phi) is 3.64. The third-order valence-corrected chi connectivity index (χ3v) is 1.79. The summed E-state index contributed by atoms with van der Waals surface area (Å²) in [7, 11) is 0. The molecule has 16 heavy (non-hydrogen) atoms. The molecule has 0 aliphatic carbocycles. The van der Waals surface area contributed by atoms with Crippen LogP contribution in [-0.4, -0.2) is 17.5 Å². The van der Waals surface area contributed by atoms with Crippen LogP contribution in [0.3, 0.4) is 0 Å². The van der Waals surface area contributed by atoms with E-state index in [2.05, 4.69) is 0 Å². The zero-order valence-electron chi connectivity index (χ0n) is 9.61. The van der Waals surface area contributed by atoms with Crippen molar-refractivity contribution in [1.29, 1.82) is 0 Å². The van der Waals surface area contributed by atoms with Crippen molar-refractivity contribution in [3.05, 3.63) is 35.4 Å². The van der Waals surface area contributed by atoms with Gasteiger partial charge >= 0.3 is 5.97 Å². The lowest BCUT2D eigenvalue weighted by atomic mass is 10.1. The topological polar surface area (TPSA) is 43.4 Å². The Bertz CT molecular complexity index is 435. The molecule has 0 amide bonds. The summed E-state index contributed by atoms with van der Waals surface area (Å²) in [6.07, 6.45) is 1.22. The third kappa shape index (κ3) is 3.37. The molecule has 0 spiro atoms. The molecule has 0 aliphatic rings. The number of benzene rings is 1. The number of carbonyl (C=O) groups excluding carboxylic acids is 2. The highest BCUT2D eigenvalue weighted by Crippen LogP contribution is 2.15. The maximum absolute atomic E-state index is 11.8. The van der Waals surface area contributed by atoms with E-state index in [1.54, 1.807) is 51.0 Å². The van der Waals surface area contributed by atoms with Crippen LogP contribution in [0.2, 0.25) is 0 Å². The summed E-state index contributed by atoms with van der Waals surface area (Å²) >= 11 is 0. The van der Waals surface area contributed by atoms with Gasteiger partial charge in [-0.3, -0.25) is 0 Å². The third-order valence-electron chi connectivity index (χ3n) is 1.79. The van der Waals surface area contributed by atoms with Gasteiger partial charge in [-0.05, 0) is 32.4 Å². The second kappa shape index (κ2) is 4.77. The van der Waals surface area contributed by atoms with Crippen LogP contribution in [0.15, 0.2) is 24.3 Å². The van der Waals surface area contributed by atoms with Crippen molar-refractivity contribution >= 4 is 18.0 Å². The number of ether oxygens (including phenoxy) is 1. The molecular formula is C13H14O3. The summed E-state index contributed by atoms with van der Waals surface area (Å²) in [5.74, 6) is 1.22. The molecule has 0 unspecified atom stereocenters. The van der Waals surface area contributed by atoms with E-state index >= 15 is 0 Å². The van der Waals surface area contributed by atoms with Gasteiger partial charge in [-0.25, -0.2) is 9.59 Å². The zero-order valence-corrected chi connectivity index (χ0v) is 9.61. The van der Waals surface area contributed by atoms with Crippen molar-refractivity contribution in [2.45, 2.75) is 26.4 Å². The average Bonchev–Trinajstić information content (AvgIpc) is 2.16. The lowest BCUT2D eigenvalue weighted by Gasteiger charge is -2.19. The Morgan fingerprint density at radius 3 is 2.50 bits per heavy atom. The molecule has 3 nitrogen and oxygen atoms in total. The Morgan fingerprint density at radius 2 is 1.94 bits per heavy atom. The lowest BCUT2D eigenvalue weighted by Crippen LogP contribution is -2.24. The van der Waals surface area contributed by atoms with Gasteiger partial charge in [0.25, 0.3) is 0 Å². The molecule has 0 atom stereocenters. The van der Waals surface area contributed by atoms with E-state index in [-0.39, 0.29) is 0 Å². The first kappa shape index (κ1) is 12.2. The predicted octanol–water partition coefficient (Wildman–Crippen LogP) is 2.49. The van der Waals surface area contributed by atoms with Crippen LogP contribution in [-0.2, 0) is 9.53 Å². The Morgan fingerprint density at radius 1 is 1.31 bits per heavy atom. The van der Waals surface area contributed by atoms with E-state index in [4.69, 9.17) is 4.74 Å². The van der Waals surface area contributed by atoms with E-state index in [1.807, 2.05) is 0 Å². The van der Waals surface area contributed by atoms with Crippen molar-refractivity contribution in [1.82, 2.24) is 0 Å². The summed E-state index contributed by atoms with van der Waals surface area (Å²) in [6.45, 7) is 5.38. The van der Waals surface area contributed by atoms with Gasteiger partial charge in [-0.15, -0.1) is 0 Å². The smallest absolute Gasteiger partial charge is 0.339 e. The molecule has 1 aromatic carbocycles. The second-order valence-corrected chi connectivity index (χ2v) is 4.35. The van der Waals surface area contributed by atoms with Gasteiger partial charge in [0, 0.05) is 6.08 Å². The summed E-state index contributed by atoms with van der Waals surface area (Å²) in [6, 6.07) is 6.76. The first-order valence-electron chi connectivity index (χ1n) is 4.97. The Labute approximate surface area is 94.7 Å². The molecule has 0 aromatic heterocycles. The fourth-order valence-electron chi connectivity index (χ4n) is 1.21. The quantitative estimate of drug-likeness (QED) is 0.565. The van der Waals surface area contributed by atoms with Crippen molar-refractivity contribution in [2.24, 2.45) is 0 Å². The van der Waals surface area contributed by atoms with Crippen molar-refractivity contribution in [3.63, 3.8) is 0 Å². The van der Waals surface area contributed by atoms with Gasteiger partial charge in [0.05, 0.1) is 5.56 Å². The van der Waals surface area contributed by atoms with E-state index in [0.29, 0.717) is 11.1 Å². The van der Waals surface area contributed by atoms with Crippen LogP contribution in [0.25, 0.3) is 6.08 Å². The Balaban J connectivity index is 3.04. The van der Waals surface area contributed by atoms with Crippen molar-refractivity contribution in [3.8, 4) is 0 Å². The van der Waals surface area contributed by atoms with Crippen LogP contribution in [0.5, 0.6) is 0 Å². The molecule has 84 valence electrons. The molecule has 3 heteroatoms. The van der Waals surface area contributed by atoms with Gasteiger partial charge in [0.2, 0.25) is 0 Å². The Hall–Kier alpha value is -1.86. The summed E-state index contributed by atoms with van der Waals surface area (Å²) < 4.78 is 5.22. The fourth-order valence-corrected chi connectivity index (χ4v) is 1.21. The van der Waals surface area contributed by atoms with Crippen molar-refractivity contribution < 1.29 is 14.3 Å². The lowest BCUT2D eigenvalue weighted by molar-refractivity contribution is 0.00694. The standard InChI is InChI=1S/C13H14O3/c1-13(2,3)16-12(15)11-7-5-4-6-10(11)8-9-14/h4-8H,1-3H3. The van der Waals surface area contributed by atoms with E-state index in [9.17, 15) is 9.59 Å². The van der Waals surface area contributed by atoms with Crippen LogP contribution >= 0.6 is 0 Å². The molecule has 0 bridgehead atoms. The number of esters is 1. The van der Waals surface area contributed by atoms with E-state index < -0.39 is 11.6 Å². The summed E-state index contributed by atoms with van der Waals surface area (Å²) in [5, 5.41) is 0. The van der Waals surface area contributed by atoms with E-state index in [0.717, 1.165) is 0 Å². The molecule has 0 aliphatic heterocycles. The first-order chi connectivity index (χ1) is 7.44. The zero-order chi connectivity index (χ0) is 12.2. The molecule has 0 saturated carbocycles. The molecule has 0 heterocycles. The number of carbonyl (C=O) groups is 1. The van der Waals surface area contributed by atoms with Gasteiger partial charge in [-0.1, -0.05) is 18.2 Å². The minimum atomic E-state index is -0.547. The van der Waals surface area contributed by atoms with Crippen LogP contribution in [0, 0.1) is 0 Å². The van der Waals surface area contributed by atoms with Gasteiger partial charge in [-0.2, -0.15) is 0 Å². The maximum Gasteiger partial charge on any atom is 0.339 e. The van der Waals surface area contributed by atoms with Crippen LogP contribution in [0.4, 0.5) is 0 Å². The highest BCUT2D eigenvalue weighted by molar-refractivity contribution is 5.96. The minimum absolute atomic E-state index is 0.376. The van der Waals surface area contributed by atoms with E-state index in [1.165, 1.54) is 6.08 Å². The molecule has 0 fully saturated rings.